The van der Waals surface area contributed by atoms with Gasteiger partial charge in [-0.25, -0.2) is 0 Å². The smallest absolute Gasteiger partial charge is 0.204 e. The van der Waals surface area contributed by atoms with Crippen LogP contribution in [-0.4, -0.2) is 10.8 Å². The predicted octanol–water partition coefficient (Wildman–Crippen LogP) is 4.28. The third kappa shape index (κ3) is 3.64. The van der Waals surface area contributed by atoms with E-state index in [4.69, 9.17) is 0 Å². The van der Waals surface area contributed by atoms with Crippen LogP contribution in [0.3, 0.4) is 0 Å². The second kappa shape index (κ2) is 5.83. The van der Waals surface area contributed by atoms with Crippen LogP contribution in [0.2, 0.25) is 0 Å². The monoisotopic (exact) mass is 265 g/mol. The van der Waals surface area contributed by atoms with Crippen LogP contribution in [0.5, 0.6) is 0 Å². The van der Waals surface area contributed by atoms with Crippen LogP contribution in [0.1, 0.15) is 42.4 Å². The van der Waals surface area contributed by atoms with E-state index < -0.39 is 0 Å². The van der Waals surface area contributed by atoms with Gasteiger partial charge in [-0.05, 0) is 34.8 Å². The van der Waals surface area contributed by atoms with E-state index in [1.165, 1.54) is 5.56 Å². The Morgan fingerprint density at radius 1 is 1.05 bits per heavy atom. The van der Waals surface area contributed by atoms with Gasteiger partial charge in [0.1, 0.15) is 5.69 Å². The van der Waals surface area contributed by atoms with Gasteiger partial charge in [0.25, 0.3) is 0 Å². The highest BCUT2D eigenvalue weighted by molar-refractivity contribution is 6.05. The molecule has 0 N–H and O–H groups in total. The molecule has 102 valence electrons. The molecule has 0 aliphatic carbocycles. The maximum atomic E-state index is 11.9. The molecule has 0 fully saturated rings. The second-order valence-electron chi connectivity index (χ2n) is 5.78. The van der Waals surface area contributed by atoms with Crippen LogP contribution in [-0.2, 0) is 5.41 Å². The van der Waals surface area contributed by atoms with Crippen molar-refractivity contribution in [2.24, 2.45) is 0 Å². The summed E-state index contributed by atoms with van der Waals surface area (Å²) in [6, 6.07) is 13.6. The molecule has 2 heteroatoms. The maximum Gasteiger partial charge on any atom is 0.204 e. The number of rotatable bonds is 3. The van der Waals surface area contributed by atoms with E-state index in [9.17, 15) is 4.79 Å². The Balaban J connectivity index is 2.11. The zero-order valence-electron chi connectivity index (χ0n) is 12.1. The number of aromatic nitrogens is 1. The van der Waals surface area contributed by atoms with Crippen molar-refractivity contribution >= 4 is 11.9 Å². The van der Waals surface area contributed by atoms with Gasteiger partial charge < -0.3 is 0 Å². The van der Waals surface area contributed by atoms with Gasteiger partial charge >= 0.3 is 0 Å². The topological polar surface area (TPSA) is 30.0 Å². The van der Waals surface area contributed by atoms with Crippen molar-refractivity contribution in [2.75, 3.05) is 0 Å². The molecule has 0 bridgehead atoms. The molecule has 0 atom stereocenters. The van der Waals surface area contributed by atoms with E-state index in [0.29, 0.717) is 5.69 Å². The molecule has 0 unspecified atom stereocenters. The minimum atomic E-state index is -0.0782. The summed E-state index contributed by atoms with van der Waals surface area (Å²) in [6.45, 7) is 6.55. The van der Waals surface area contributed by atoms with Gasteiger partial charge in [0.15, 0.2) is 0 Å². The van der Waals surface area contributed by atoms with Gasteiger partial charge in [-0.1, -0.05) is 57.2 Å². The van der Waals surface area contributed by atoms with Gasteiger partial charge in [-0.2, -0.15) is 0 Å². The summed E-state index contributed by atoms with van der Waals surface area (Å²) in [4.78, 5) is 15.9. The standard InChI is InChI=1S/C18H19NO/c1-18(2,3)15-10-7-14(8-11-15)9-12-17(20)16-6-4-5-13-19-16/h4-13H,1-3H3/b12-9+. The lowest BCUT2D eigenvalue weighted by Crippen LogP contribution is -2.10. The first-order valence-corrected chi connectivity index (χ1v) is 6.71. The molecule has 0 saturated heterocycles. The number of hydrogen-bond donors (Lipinski definition) is 0. The van der Waals surface area contributed by atoms with Crippen LogP contribution < -0.4 is 0 Å². The third-order valence-electron chi connectivity index (χ3n) is 3.12. The number of ketones is 1. The van der Waals surface area contributed by atoms with Crippen LogP contribution >= 0.6 is 0 Å². The second-order valence-corrected chi connectivity index (χ2v) is 5.78. The largest absolute Gasteiger partial charge is 0.288 e. The van der Waals surface area contributed by atoms with Crippen molar-refractivity contribution in [3.05, 3.63) is 71.6 Å². The van der Waals surface area contributed by atoms with Crippen molar-refractivity contribution in [1.29, 1.82) is 0 Å². The highest BCUT2D eigenvalue weighted by Crippen LogP contribution is 2.22. The van der Waals surface area contributed by atoms with Crippen molar-refractivity contribution in [2.45, 2.75) is 26.2 Å². The molecule has 0 spiro atoms. The van der Waals surface area contributed by atoms with E-state index in [-0.39, 0.29) is 11.2 Å². The molecule has 0 amide bonds. The molecule has 2 aromatic rings. The van der Waals surface area contributed by atoms with Crippen molar-refractivity contribution in [1.82, 2.24) is 4.98 Å². The maximum absolute atomic E-state index is 11.9. The van der Waals surface area contributed by atoms with E-state index >= 15 is 0 Å². The molecule has 1 heterocycles. The molecule has 2 nitrogen and oxygen atoms in total. The number of nitrogens with zero attached hydrogens (tertiary/aromatic N) is 1. The average Bonchev–Trinajstić information content (AvgIpc) is 2.45. The summed E-state index contributed by atoms with van der Waals surface area (Å²) < 4.78 is 0. The summed E-state index contributed by atoms with van der Waals surface area (Å²) >= 11 is 0. The predicted molar refractivity (Wildman–Crippen MR) is 82.7 cm³/mol. The molecule has 0 saturated carbocycles. The van der Waals surface area contributed by atoms with Gasteiger partial charge in [-0.3, -0.25) is 9.78 Å². The Hall–Kier alpha value is -2.22. The highest BCUT2D eigenvalue weighted by atomic mass is 16.1. The lowest BCUT2D eigenvalue weighted by molar-refractivity contribution is 0.104. The van der Waals surface area contributed by atoms with Gasteiger partial charge in [0.2, 0.25) is 5.78 Å². The summed E-state index contributed by atoms with van der Waals surface area (Å²) in [7, 11) is 0. The van der Waals surface area contributed by atoms with E-state index in [0.717, 1.165) is 5.56 Å². The molecule has 20 heavy (non-hydrogen) atoms. The summed E-state index contributed by atoms with van der Waals surface area (Å²) in [5.74, 6) is -0.0782. The Labute approximate surface area is 120 Å². The number of carbonyl (C=O) groups is 1. The fraction of sp³-hybridized carbons (Fsp3) is 0.222. The molecular formula is C18H19NO. The number of carbonyl (C=O) groups excluding carboxylic acids is 1. The molecule has 0 aliphatic heterocycles. The fourth-order valence-electron chi connectivity index (χ4n) is 1.86. The van der Waals surface area contributed by atoms with E-state index in [1.54, 1.807) is 24.4 Å². The average molecular weight is 265 g/mol. The molecule has 1 aromatic carbocycles. The van der Waals surface area contributed by atoms with Crippen molar-refractivity contribution in [3.8, 4) is 0 Å². The molecule has 0 radical (unpaired) electrons. The minimum absolute atomic E-state index is 0.0782. The van der Waals surface area contributed by atoms with Gasteiger partial charge in [0.05, 0.1) is 0 Å². The van der Waals surface area contributed by atoms with Crippen molar-refractivity contribution < 1.29 is 4.79 Å². The molecule has 0 aliphatic rings. The van der Waals surface area contributed by atoms with Crippen LogP contribution in [0, 0.1) is 0 Å². The van der Waals surface area contributed by atoms with E-state index in [2.05, 4.69) is 37.9 Å². The Kier molecular flexibility index (Phi) is 4.14. The summed E-state index contributed by atoms with van der Waals surface area (Å²) in [5, 5.41) is 0. The fourth-order valence-corrected chi connectivity index (χ4v) is 1.86. The lowest BCUT2D eigenvalue weighted by atomic mass is 9.87. The zero-order valence-corrected chi connectivity index (χ0v) is 12.1. The quantitative estimate of drug-likeness (QED) is 0.612. The van der Waals surface area contributed by atoms with Gasteiger partial charge in [0, 0.05) is 6.20 Å². The molecule has 1 aromatic heterocycles. The third-order valence-corrected chi connectivity index (χ3v) is 3.12. The Morgan fingerprint density at radius 3 is 2.30 bits per heavy atom. The number of benzene rings is 1. The SMILES string of the molecule is CC(C)(C)c1ccc(/C=C/C(=O)c2ccccn2)cc1. The summed E-state index contributed by atoms with van der Waals surface area (Å²) in [6.07, 6.45) is 5.01. The molecule has 2 rings (SSSR count). The Bertz CT molecular complexity index is 604. The highest BCUT2D eigenvalue weighted by Gasteiger charge is 2.12. The van der Waals surface area contributed by atoms with E-state index in [1.807, 2.05) is 24.3 Å². The Morgan fingerprint density at radius 2 is 1.75 bits per heavy atom. The van der Waals surface area contributed by atoms with Crippen LogP contribution in [0.15, 0.2) is 54.7 Å². The number of pyridine rings is 1. The van der Waals surface area contributed by atoms with Crippen LogP contribution in [0.25, 0.3) is 6.08 Å². The first kappa shape index (κ1) is 14.2. The minimum Gasteiger partial charge on any atom is -0.288 e. The van der Waals surface area contributed by atoms with Crippen LogP contribution in [0.4, 0.5) is 0 Å². The lowest BCUT2D eigenvalue weighted by Gasteiger charge is -2.18. The first-order chi connectivity index (χ1) is 9.47. The zero-order chi connectivity index (χ0) is 14.6. The molecular weight excluding hydrogens is 246 g/mol. The number of hydrogen-bond acceptors (Lipinski definition) is 2. The van der Waals surface area contributed by atoms with Crippen molar-refractivity contribution in [3.63, 3.8) is 0 Å². The summed E-state index contributed by atoms with van der Waals surface area (Å²) in [5.41, 5.74) is 2.91. The number of allylic oxidation sites excluding steroid dienone is 1. The first-order valence-electron chi connectivity index (χ1n) is 6.71. The van der Waals surface area contributed by atoms with Gasteiger partial charge in [-0.15, -0.1) is 0 Å². The normalized spacial score (nSPS) is 11.8.